The van der Waals surface area contributed by atoms with Crippen LogP contribution in [0.2, 0.25) is 0 Å². The van der Waals surface area contributed by atoms with E-state index in [2.05, 4.69) is 58.0 Å². The van der Waals surface area contributed by atoms with Crippen LogP contribution in [0.1, 0.15) is 24.3 Å². The Hall–Kier alpha value is -1.52. The fraction of sp³-hybridized carbons (Fsp3) is 0.500. The highest BCUT2D eigenvalue weighted by atomic mass is 127. The maximum absolute atomic E-state index is 5.93. The number of likely N-dealkylation sites (N-methyl/N-ethyl adjacent to an activating group) is 1. The standard InChI is InChI=1S/C22H34N4O2S.HI/c1-5-26(6-2)13-14-28-20-10-9-18(16-21(20)27-4)17-25-22(23-3)24-12-11-19-8-7-15-29-19;/h7-10,15-16H,5-6,11-14,17H2,1-4H3,(H2,23,24,25);1H. The van der Waals surface area contributed by atoms with Crippen LogP contribution < -0.4 is 20.1 Å². The Labute approximate surface area is 202 Å². The molecule has 0 spiro atoms. The fourth-order valence-corrected chi connectivity index (χ4v) is 3.64. The third kappa shape index (κ3) is 9.09. The summed E-state index contributed by atoms with van der Waals surface area (Å²) in [7, 11) is 3.46. The van der Waals surface area contributed by atoms with Crippen LogP contribution in [0.15, 0.2) is 40.7 Å². The van der Waals surface area contributed by atoms with Gasteiger partial charge in [0.25, 0.3) is 0 Å². The number of methoxy groups -OCH3 is 1. The first kappa shape index (κ1) is 26.5. The molecular formula is C22H35IN4O2S. The molecule has 168 valence electrons. The van der Waals surface area contributed by atoms with E-state index in [1.807, 2.05) is 12.1 Å². The summed E-state index contributed by atoms with van der Waals surface area (Å²) in [6.07, 6.45) is 0.992. The number of halogens is 1. The van der Waals surface area contributed by atoms with E-state index in [1.54, 1.807) is 25.5 Å². The summed E-state index contributed by atoms with van der Waals surface area (Å²) in [6, 6.07) is 10.3. The number of hydrogen-bond donors (Lipinski definition) is 2. The summed E-state index contributed by atoms with van der Waals surface area (Å²) in [5.41, 5.74) is 1.11. The number of benzene rings is 1. The zero-order chi connectivity index (χ0) is 20.9. The third-order valence-corrected chi connectivity index (χ3v) is 5.65. The highest BCUT2D eigenvalue weighted by Crippen LogP contribution is 2.28. The molecule has 2 N–H and O–H groups in total. The molecule has 0 amide bonds. The lowest BCUT2D eigenvalue weighted by atomic mass is 10.2. The Kier molecular flexibility index (Phi) is 13.5. The Morgan fingerprint density at radius 3 is 2.57 bits per heavy atom. The molecule has 0 atom stereocenters. The van der Waals surface area contributed by atoms with Gasteiger partial charge < -0.3 is 25.0 Å². The van der Waals surface area contributed by atoms with Crippen LogP contribution in [-0.2, 0) is 13.0 Å². The lowest BCUT2D eigenvalue weighted by molar-refractivity contribution is 0.217. The summed E-state index contributed by atoms with van der Waals surface area (Å²) < 4.78 is 11.5. The first-order valence-electron chi connectivity index (χ1n) is 10.2. The van der Waals surface area contributed by atoms with Crippen LogP contribution in [0.25, 0.3) is 0 Å². The molecule has 30 heavy (non-hydrogen) atoms. The van der Waals surface area contributed by atoms with E-state index >= 15 is 0 Å². The van der Waals surface area contributed by atoms with E-state index in [-0.39, 0.29) is 24.0 Å². The van der Waals surface area contributed by atoms with Crippen molar-refractivity contribution in [1.29, 1.82) is 0 Å². The molecule has 0 aliphatic heterocycles. The number of aliphatic imine (C=N–C) groups is 1. The molecule has 0 saturated carbocycles. The SMILES string of the molecule is CCN(CC)CCOc1ccc(CNC(=NC)NCCc2cccs2)cc1OC.I. The van der Waals surface area contributed by atoms with Crippen LogP contribution in [0.3, 0.4) is 0 Å². The molecule has 8 heteroatoms. The number of hydrogen-bond acceptors (Lipinski definition) is 5. The van der Waals surface area contributed by atoms with Crippen molar-refractivity contribution in [3.63, 3.8) is 0 Å². The number of rotatable bonds is 12. The number of thiophene rings is 1. The minimum atomic E-state index is 0. The molecule has 1 heterocycles. The number of ether oxygens (including phenoxy) is 2. The molecule has 0 bridgehead atoms. The van der Waals surface area contributed by atoms with Gasteiger partial charge in [-0.1, -0.05) is 26.0 Å². The summed E-state index contributed by atoms with van der Waals surface area (Å²) in [6.45, 7) is 9.46. The molecular weight excluding hydrogens is 511 g/mol. The smallest absolute Gasteiger partial charge is 0.191 e. The molecule has 0 fully saturated rings. The van der Waals surface area contributed by atoms with Gasteiger partial charge in [-0.2, -0.15) is 0 Å². The van der Waals surface area contributed by atoms with Gasteiger partial charge in [-0.15, -0.1) is 35.3 Å². The second kappa shape index (κ2) is 15.3. The molecule has 0 aliphatic rings. The maximum atomic E-state index is 5.93. The van der Waals surface area contributed by atoms with Crippen molar-refractivity contribution in [3.8, 4) is 11.5 Å². The minimum Gasteiger partial charge on any atom is -0.493 e. The van der Waals surface area contributed by atoms with E-state index in [1.165, 1.54) is 4.88 Å². The molecule has 1 aromatic heterocycles. The number of nitrogens with one attached hydrogen (secondary N) is 2. The topological polar surface area (TPSA) is 58.1 Å². The van der Waals surface area contributed by atoms with Gasteiger partial charge in [0.1, 0.15) is 6.61 Å². The van der Waals surface area contributed by atoms with Gasteiger partial charge in [0.05, 0.1) is 7.11 Å². The average molecular weight is 547 g/mol. The predicted molar refractivity (Wildman–Crippen MR) is 138 cm³/mol. The van der Waals surface area contributed by atoms with E-state index in [0.717, 1.165) is 55.6 Å². The van der Waals surface area contributed by atoms with Crippen LogP contribution in [0.5, 0.6) is 11.5 Å². The second-order valence-electron chi connectivity index (χ2n) is 6.54. The quantitative estimate of drug-likeness (QED) is 0.240. The largest absolute Gasteiger partial charge is 0.493 e. The van der Waals surface area contributed by atoms with Crippen molar-refractivity contribution in [3.05, 3.63) is 46.2 Å². The maximum Gasteiger partial charge on any atom is 0.191 e. The monoisotopic (exact) mass is 546 g/mol. The Bertz CT molecular complexity index is 737. The molecule has 1 aromatic carbocycles. The van der Waals surface area contributed by atoms with Gasteiger partial charge >= 0.3 is 0 Å². The zero-order valence-electron chi connectivity index (χ0n) is 18.4. The molecule has 0 unspecified atom stereocenters. The zero-order valence-corrected chi connectivity index (χ0v) is 21.6. The lowest BCUT2D eigenvalue weighted by Gasteiger charge is -2.19. The van der Waals surface area contributed by atoms with Crippen molar-refractivity contribution >= 4 is 41.3 Å². The number of nitrogens with zero attached hydrogens (tertiary/aromatic N) is 2. The Morgan fingerprint density at radius 1 is 1.13 bits per heavy atom. The van der Waals surface area contributed by atoms with Gasteiger partial charge in [0, 0.05) is 31.6 Å². The summed E-state index contributed by atoms with van der Waals surface area (Å²) >= 11 is 1.78. The molecule has 2 aromatic rings. The van der Waals surface area contributed by atoms with Crippen LogP contribution >= 0.6 is 35.3 Å². The van der Waals surface area contributed by atoms with E-state index in [0.29, 0.717) is 13.2 Å². The van der Waals surface area contributed by atoms with Gasteiger partial charge in [-0.05, 0) is 48.7 Å². The van der Waals surface area contributed by atoms with E-state index < -0.39 is 0 Å². The van der Waals surface area contributed by atoms with Crippen molar-refractivity contribution < 1.29 is 9.47 Å². The van der Waals surface area contributed by atoms with Crippen LogP contribution in [0.4, 0.5) is 0 Å². The summed E-state index contributed by atoms with van der Waals surface area (Å²) in [5.74, 6) is 2.33. The molecule has 0 saturated heterocycles. The molecule has 2 rings (SSSR count). The molecule has 6 nitrogen and oxygen atoms in total. The van der Waals surface area contributed by atoms with Crippen molar-refractivity contribution in [2.24, 2.45) is 4.99 Å². The highest BCUT2D eigenvalue weighted by Gasteiger charge is 2.08. The number of guanidine groups is 1. The predicted octanol–water partition coefficient (Wildman–Crippen LogP) is 4.00. The minimum absolute atomic E-state index is 0. The summed E-state index contributed by atoms with van der Waals surface area (Å²) in [4.78, 5) is 8.00. The van der Waals surface area contributed by atoms with Crippen molar-refractivity contribution in [2.75, 3.05) is 46.9 Å². The van der Waals surface area contributed by atoms with Gasteiger partial charge in [0.2, 0.25) is 0 Å². The van der Waals surface area contributed by atoms with Crippen molar-refractivity contribution in [1.82, 2.24) is 15.5 Å². The second-order valence-corrected chi connectivity index (χ2v) is 7.57. The average Bonchev–Trinajstić information content (AvgIpc) is 3.27. The first-order chi connectivity index (χ1) is 14.2. The molecule has 0 radical (unpaired) electrons. The summed E-state index contributed by atoms with van der Waals surface area (Å²) in [5, 5.41) is 8.81. The van der Waals surface area contributed by atoms with Crippen LogP contribution in [-0.4, -0.2) is 57.8 Å². The third-order valence-electron chi connectivity index (χ3n) is 4.72. The molecule has 0 aliphatic carbocycles. The van der Waals surface area contributed by atoms with Crippen LogP contribution in [0, 0.1) is 0 Å². The highest BCUT2D eigenvalue weighted by molar-refractivity contribution is 14.0. The van der Waals surface area contributed by atoms with Crippen molar-refractivity contribution in [2.45, 2.75) is 26.8 Å². The van der Waals surface area contributed by atoms with E-state index in [9.17, 15) is 0 Å². The van der Waals surface area contributed by atoms with Gasteiger partial charge in [-0.3, -0.25) is 4.99 Å². The first-order valence-corrected chi connectivity index (χ1v) is 11.1. The fourth-order valence-electron chi connectivity index (χ4n) is 2.93. The van der Waals surface area contributed by atoms with Gasteiger partial charge in [0.15, 0.2) is 17.5 Å². The normalized spacial score (nSPS) is 11.2. The lowest BCUT2D eigenvalue weighted by Crippen LogP contribution is -2.37. The Balaban J connectivity index is 0.00000450. The Morgan fingerprint density at radius 2 is 1.93 bits per heavy atom. The van der Waals surface area contributed by atoms with E-state index in [4.69, 9.17) is 9.47 Å². The van der Waals surface area contributed by atoms with Gasteiger partial charge in [-0.25, -0.2) is 0 Å².